The van der Waals surface area contributed by atoms with Crippen LogP contribution in [0.5, 0.6) is 5.75 Å². The molecule has 18 heavy (non-hydrogen) atoms. The minimum atomic E-state index is -0.899. The molecule has 1 heterocycles. The summed E-state index contributed by atoms with van der Waals surface area (Å²) >= 11 is 0. The largest absolute Gasteiger partial charge is 0.508 e. The van der Waals surface area contributed by atoms with Gasteiger partial charge >= 0.3 is 6.09 Å². The van der Waals surface area contributed by atoms with Crippen LogP contribution in [0.25, 0.3) is 0 Å². The lowest BCUT2D eigenvalue weighted by molar-refractivity contribution is 0.0754. The summed E-state index contributed by atoms with van der Waals surface area (Å²) in [7, 11) is 0. The Morgan fingerprint density at radius 1 is 1.39 bits per heavy atom. The third-order valence-corrected chi connectivity index (χ3v) is 3.46. The zero-order valence-corrected chi connectivity index (χ0v) is 11.0. The van der Waals surface area contributed by atoms with E-state index >= 15 is 0 Å². The molecule has 1 aliphatic heterocycles. The Morgan fingerprint density at radius 3 is 2.61 bits per heavy atom. The second-order valence-electron chi connectivity index (χ2n) is 5.84. The fourth-order valence-corrected chi connectivity index (χ4v) is 2.79. The first-order valence-corrected chi connectivity index (χ1v) is 6.12. The van der Waals surface area contributed by atoms with E-state index in [4.69, 9.17) is 0 Å². The van der Waals surface area contributed by atoms with E-state index in [0.29, 0.717) is 13.0 Å². The minimum Gasteiger partial charge on any atom is -0.508 e. The number of phenols is 1. The third-order valence-electron chi connectivity index (χ3n) is 3.46. The van der Waals surface area contributed by atoms with Gasteiger partial charge in [-0.05, 0) is 23.5 Å². The molecule has 0 saturated heterocycles. The van der Waals surface area contributed by atoms with Crippen molar-refractivity contribution in [1.82, 2.24) is 4.90 Å². The molecule has 1 aliphatic rings. The molecular weight excluding hydrogens is 230 g/mol. The number of phenolic OH excluding ortho intramolecular Hbond substituents is 1. The van der Waals surface area contributed by atoms with Crippen LogP contribution in [0.3, 0.4) is 0 Å². The van der Waals surface area contributed by atoms with Crippen molar-refractivity contribution in [2.24, 2.45) is 5.41 Å². The number of benzene rings is 1. The Balaban J connectivity index is 2.56. The van der Waals surface area contributed by atoms with Crippen molar-refractivity contribution >= 4 is 6.09 Å². The topological polar surface area (TPSA) is 60.8 Å². The molecule has 2 N–H and O–H groups in total. The molecule has 4 nitrogen and oxygen atoms in total. The molecule has 1 atom stereocenters. The van der Waals surface area contributed by atoms with E-state index < -0.39 is 6.09 Å². The molecule has 0 saturated carbocycles. The van der Waals surface area contributed by atoms with Crippen LogP contribution in [-0.4, -0.2) is 27.8 Å². The number of amides is 1. The molecule has 2 rings (SSSR count). The number of rotatable bonds is 0. The van der Waals surface area contributed by atoms with Gasteiger partial charge < -0.3 is 15.1 Å². The van der Waals surface area contributed by atoms with Crippen LogP contribution < -0.4 is 0 Å². The average molecular weight is 249 g/mol. The Bertz CT molecular complexity index is 476. The van der Waals surface area contributed by atoms with E-state index in [0.717, 1.165) is 11.1 Å². The molecule has 98 valence electrons. The van der Waals surface area contributed by atoms with E-state index in [-0.39, 0.29) is 17.2 Å². The van der Waals surface area contributed by atoms with Gasteiger partial charge in [0, 0.05) is 12.1 Å². The maximum absolute atomic E-state index is 11.4. The molecule has 0 bridgehead atoms. The summed E-state index contributed by atoms with van der Waals surface area (Å²) in [5, 5.41) is 19.2. The van der Waals surface area contributed by atoms with Gasteiger partial charge in [-0.3, -0.25) is 0 Å². The molecule has 1 aromatic rings. The highest BCUT2D eigenvalue weighted by molar-refractivity contribution is 5.67. The summed E-state index contributed by atoms with van der Waals surface area (Å²) < 4.78 is 0. The van der Waals surface area contributed by atoms with Crippen molar-refractivity contribution in [2.45, 2.75) is 33.2 Å². The molecular formula is C14H19NO3. The number of carbonyl (C=O) groups is 1. The van der Waals surface area contributed by atoms with E-state index in [2.05, 4.69) is 0 Å². The second kappa shape index (κ2) is 4.19. The maximum atomic E-state index is 11.4. The highest BCUT2D eigenvalue weighted by Crippen LogP contribution is 2.44. The second-order valence-corrected chi connectivity index (χ2v) is 5.84. The van der Waals surface area contributed by atoms with E-state index in [1.54, 1.807) is 12.1 Å². The van der Waals surface area contributed by atoms with E-state index in [9.17, 15) is 15.0 Å². The predicted molar refractivity (Wildman–Crippen MR) is 68.7 cm³/mol. The number of carboxylic acid groups (broad SMARTS) is 1. The number of aromatic hydroxyl groups is 1. The van der Waals surface area contributed by atoms with Crippen LogP contribution in [-0.2, 0) is 6.42 Å². The highest BCUT2D eigenvalue weighted by Gasteiger charge is 2.39. The molecule has 4 heteroatoms. The van der Waals surface area contributed by atoms with Gasteiger partial charge in [-0.25, -0.2) is 4.79 Å². The van der Waals surface area contributed by atoms with Crippen LogP contribution in [0.2, 0.25) is 0 Å². The van der Waals surface area contributed by atoms with Gasteiger partial charge in [0.25, 0.3) is 0 Å². The van der Waals surface area contributed by atoms with Gasteiger partial charge in [0.2, 0.25) is 0 Å². The molecule has 1 amide bonds. The summed E-state index contributed by atoms with van der Waals surface area (Å²) in [4.78, 5) is 12.8. The average Bonchev–Trinajstić information content (AvgIpc) is 2.26. The Hall–Kier alpha value is -1.71. The molecule has 0 aromatic heterocycles. The highest BCUT2D eigenvalue weighted by atomic mass is 16.4. The zero-order chi connectivity index (χ0) is 13.5. The lowest BCUT2D eigenvalue weighted by Crippen LogP contribution is -2.44. The van der Waals surface area contributed by atoms with Crippen LogP contribution >= 0.6 is 0 Å². The monoisotopic (exact) mass is 249 g/mol. The first kappa shape index (κ1) is 12.7. The molecule has 1 unspecified atom stereocenters. The lowest BCUT2D eigenvalue weighted by atomic mass is 9.77. The molecule has 0 aliphatic carbocycles. The number of hydrogen-bond acceptors (Lipinski definition) is 2. The minimum absolute atomic E-state index is 0.207. The van der Waals surface area contributed by atoms with Crippen molar-refractivity contribution in [3.63, 3.8) is 0 Å². The lowest BCUT2D eigenvalue weighted by Gasteiger charge is -2.43. The Kier molecular flexibility index (Phi) is 2.97. The summed E-state index contributed by atoms with van der Waals surface area (Å²) in [5.74, 6) is 0.270. The Morgan fingerprint density at radius 2 is 2.06 bits per heavy atom. The summed E-state index contributed by atoms with van der Waals surface area (Å²) in [6, 6.07) is 5.14. The van der Waals surface area contributed by atoms with Crippen LogP contribution in [0.4, 0.5) is 4.79 Å². The number of fused-ring (bicyclic) bond motifs is 1. The molecule has 1 aromatic carbocycles. The quantitative estimate of drug-likeness (QED) is 0.743. The van der Waals surface area contributed by atoms with Gasteiger partial charge in [0.15, 0.2) is 0 Å². The standard InChI is InChI=1S/C14H19NO3/c1-14(2,3)12-10-5-4-6-11(16)9(10)7-8-15(12)13(17)18/h4-6,12,16H,7-8H2,1-3H3,(H,17,18). The van der Waals surface area contributed by atoms with Gasteiger partial charge in [-0.15, -0.1) is 0 Å². The first-order valence-electron chi connectivity index (χ1n) is 6.12. The zero-order valence-electron chi connectivity index (χ0n) is 11.0. The maximum Gasteiger partial charge on any atom is 0.407 e. The van der Waals surface area contributed by atoms with Gasteiger partial charge in [-0.1, -0.05) is 32.9 Å². The number of hydrogen-bond donors (Lipinski definition) is 2. The summed E-state index contributed by atoms with van der Waals surface area (Å²) in [6.45, 7) is 6.49. The van der Waals surface area contributed by atoms with Gasteiger partial charge in [0.05, 0.1) is 6.04 Å². The first-order chi connectivity index (χ1) is 8.32. The normalized spacial score (nSPS) is 19.5. The van der Waals surface area contributed by atoms with Crippen LogP contribution in [0, 0.1) is 5.41 Å². The van der Waals surface area contributed by atoms with Crippen molar-refractivity contribution in [3.05, 3.63) is 29.3 Å². The van der Waals surface area contributed by atoms with Crippen molar-refractivity contribution < 1.29 is 15.0 Å². The van der Waals surface area contributed by atoms with Crippen LogP contribution in [0.15, 0.2) is 18.2 Å². The van der Waals surface area contributed by atoms with Gasteiger partial charge in [0.1, 0.15) is 5.75 Å². The fourth-order valence-electron chi connectivity index (χ4n) is 2.79. The summed E-state index contributed by atoms with van der Waals surface area (Å²) in [6.07, 6.45) is -0.329. The SMILES string of the molecule is CC(C)(C)C1c2cccc(O)c2CCN1C(=O)O. The van der Waals surface area contributed by atoms with Gasteiger partial charge in [-0.2, -0.15) is 0 Å². The summed E-state index contributed by atoms with van der Waals surface area (Å²) in [5.41, 5.74) is 1.60. The molecule has 0 fully saturated rings. The molecule has 0 radical (unpaired) electrons. The third kappa shape index (κ3) is 2.03. The van der Waals surface area contributed by atoms with E-state index in [1.807, 2.05) is 26.8 Å². The van der Waals surface area contributed by atoms with Crippen LogP contribution in [0.1, 0.15) is 37.9 Å². The van der Waals surface area contributed by atoms with Crippen molar-refractivity contribution in [1.29, 1.82) is 0 Å². The predicted octanol–water partition coefficient (Wildman–Crippen LogP) is 3.02. The van der Waals surface area contributed by atoms with Crippen molar-refractivity contribution in [2.75, 3.05) is 6.54 Å². The number of nitrogens with zero attached hydrogens (tertiary/aromatic N) is 1. The smallest absolute Gasteiger partial charge is 0.407 e. The fraction of sp³-hybridized carbons (Fsp3) is 0.500. The Labute approximate surface area is 107 Å². The van der Waals surface area contributed by atoms with Crippen molar-refractivity contribution in [3.8, 4) is 5.75 Å². The van der Waals surface area contributed by atoms with E-state index in [1.165, 1.54) is 4.90 Å². The molecule has 0 spiro atoms.